The molecular formula is C3H6NO3. The molecule has 41 valence electrons. The molecule has 0 rings (SSSR count). The summed E-state index contributed by atoms with van der Waals surface area (Å²) >= 11 is 0. The van der Waals surface area contributed by atoms with Crippen LogP contribution in [0, 0.1) is 0 Å². The molecule has 0 amide bonds. The van der Waals surface area contributed by atoms with Crippen LogP contribution in [0.25, 0.3) is 0 Å². The fourth-order valence-corrected chi connectivity index (χ4v) is 0.125. The normalized spacial score (nSPS) is 8.29. The van der Waals surface area contributed by atoms with E-state index in [4.69, 9.17) is 5.73 Å². The monoisotopic (exact) mass is 104 g/mol. The average molecular weight is 104 g/mol. The minimum absolute atomic E-state index is 0.220. The number of nitrogens with two attached hydrogens (primary N) is 1. The summed E-state index contributed by atoms with van der Waals surface area (Å²) in [4.78, 5) is 9.86. The highest BCUT2D eigenvalue weighted by Crippen LogP contribution is 1.68. The predicted octanol–water partition coefficient (Wildman–Crippen LogP) is -1.12. The van der Waals surface area contributed by atoms with Crippen LogP contribution in [-0.2, 0) is 14.6 Å². The van der Waals surface area contributed by atoms with E-state index >= 15 is 0 Å². The fourth-order valence-electron chi connectivity index (χ4n) is 0.125. The number of carbonyl (C=O) groups excluding carboxylic acids is 1. The van der Waals surface area contributed by atoms with E-state index in [2.05, 4.69) is 4.74 Å². The smallest absolute Gasteiger partial charge is 0.321 e. The number of esters is 1. The summed E-state index contributed by atoms with van der Waals surface area (Å²) in [5.74, 6) is -0.657. The number of carbonyl (C=O) groups is 1. The van der Waals surface area contributed by atoms with Crippen molar-refractivity contribution in [1.82, 2.24) is 0 Å². The summed E-state index contributed by atoms with van der Waals surface area (Å²) in [6.07, 6.45) is 0. The van der Waals surface area contributed by atoms with Gasteiger partial charge in [0.25, 0.3) is 0 Å². The molecule has 0 saturated carbocycles. The van der Waals surface area contributed by atoms with E-state index in [1.807, 2.05) is 0 Å². The van der Waals surface area contributed by atoms with Crippen LogP contribution in [-0.4, -0.2) is 19.3 Å². The molecule has 0 fully saturated rings. The van der Waals surface area contributed by atoms with Gasteiger partial charge in [-0.05, 0) is 0 Å². The Bertz CT molecular complexity index is 63.2. The Morgan fingerprint density at radius 3 is 2.43 bits per heavy atom. The lowest BCUT2D eigenvalue weighted by molar-refractivity contribution is -0.154. The summed E-state index contributed by atoms with van der Waals surface area (Å²) in [5, 5.41) is 9.40. The molecule has 0 spiro atoms. The minimum Gasteiger partial charge on any atom is -0.435 e. The van der Waals surface area contributed by atoms with Gasteiger partial charge in [0.05, 0.1) is 6.54 Å². The largest absolute Gasteiger partial charge is 0.435 e. The van der Waals surface area contributed by atoms with Crippen molar-refractivity contribution in [2.24, 2.45) is 5.73 Å². The maximum absolute atomic E-state index is 9.86. The van der Waals surface area contributed by atoms with Crippen LogP contribution < -0.4 is 5.73 Å². The van der Waals surface area contributed by atoms with Gasteiger partial charge in [0.2, 0.25) is 6.79 Å². The van der Waals surface area contributed by atoms with E-state index in [1.165, 1.54) is 0 Å². The molecule has 0 aromatic heterocycles. The van der Waals surface area contributed by atoms with Crippen molar-refractivity contribution in [3.05, 3.63) is 0 Å². The zero-order valence-corrected chi connectivity index (χ0v) is 3.72. The lowest BCUT2D eigenvalue weighted by Crippen LogP contribution is -2.16. The summed E-state index contributed by atoms with van der Waals surface area (Å²) in [6.45, 7) is -1.06. The van der Waals surface area contributed by atoms with Gasteiger partial charge >= 0.3 is 5.97 Å². The Morgan fingerprint density at radius 1 is 1.71 bits per heavy atom. The zero-order chi connectivity index (χ0) is 5.70. The lowest BCUT2D eigenvalue weighted by Gasteiger charge is -1.91. The van der Waals surface area contributed by atoms with E-state index in [0.717, 1.165) is 0 Å². The van der Waals surface area contributed by atoms with E-state index in [-0.39, 0.29) is 6.54 Å². The van der Waals surface area contributed by atoms with E-state index in [1.54, 1.807) is 0 Å². The highest BCUT2D eigenvalue weighted by molar-refractivity contribution is 5.71. The second kappa shape index (κ2) is 3.58. The molecule has 4 nitrogen and oxygen atoms in total. The molecule has 7 heavy (non-hydrogen) atoms. The van der Waals surface area contributed by atoms with Crippen LogP contribution in [0.2, 0.25) is 0 Å². The summed E-state index contributed by atoms with van der Waals surface area (Å²) in [5.41, 5.74) is 4.74. The third kappa shape index (κ3) is 3.21. The van der Waals surface area contributed by atoms with Crippen LogP contribution in [0.4, 0.5) is 0 Å². The van der Waals surface area contributed by atoms with Gasteiger partial charge in [-0.2, -0.15) is 5.11 Å². The highest BCUT2D eigenvalue weighted by atomic mass is 16.6. The molecule has 0 aromatic carbocycles. The van der Waals surface area contributed by atoms with Gasteiger partial charge in [-0.25, -0.2) is 0 Å². The molecule has 0 bridgehead atoms. The van der Waals surface area contributed by atoms with Gasteiger partial charge in [0, 0.05) is 0 Å². The van der Waals surface area contributed by atoms with Crippen molar-refractivity contribution in [2.75, 3.05) is 13.3 Å². The summed E-state index contributed by atoms with van der Waals surface area (Å²) < 4.78 is 3.87. The molecule has 1 radical (unpaired) electrons. The van der Waals surface area contributed by atoms with Crippen LogP contribution >= 0.6 is 0 Å². The van der Waals surface area contributed by atoms with Gasteiger partial charge in [-0.1, -0.05) is 0 Å². The maximum Gasteiger partial charge on any atom is 0.321 e. The number of hydrogen-bond acceptors (Lipinski definition) is 3. The van der Waals surface area contributed by atoms with Gasteiger partial charge in [0.1, 0.15) is 0 Å². The quantitative estimate of drug-likeness (QED) is 0.356. The van der Waals surface area contributed by atoms with Crippen LogP contribution in [0.15, 0.2) is 0 Å². The number of rotatable bonds is 2. The first-order valence-corrected chi connectivity index (χ1v) is 1.75. The molecule has 0 aliphatic heterocycles. The van der Waals surface area contributed by atoms with Crippen LogP contribution in [0.3, 0.4) is 0 Å². The standard InChI is InChI=1S/C3H6NO3/c4-1-3(6)7-2-5/h1-2,4H2. The Labute approximate surface area is 40.9 Å². The minimum atomic E-state index is -0.837. The zero-order valence-electron chi connectivity index (χ0n) is 3.72. The van der Waals surface area contributed by atoms with Crippen molar-refractivity contribution in [2.45, 2.75) is 0 Å². The van der Waals surface area contributed by atoms with E-state index < -0.39 is 12.8 Å². The molecule has 2 N–H and O–H groups in total. The lowest BCUT2D eigenvalue weighted by atomic mass is 10.7. The molecule has 0 aliphatic rings. The average Bonchev–Trinajstić information content (AvgIpc) is 1.68. The summed E-state index contributed by atoms with van der Waals surface area (Å²) in [6, 6.07) is 0. The molecular weight excluding hydrogens is 98.0 g/mol. The molecule has 0 heterocycles. The molecule has 0 saturated heterocycles. The summed E-state index contributed by atoms with van der Waals surface area (Å²) in [7, 11) is 0. The first-order chi connectivity index (χ1) is 3.31. The van der Waals surface area contributed by atoms with Gasteiger partial charge in [-0.3, -0.25) is 4.79 Å². The molecule has 0 aliphatic carbocycles. The third-order valence-electron chi connectivity index (χ3n) is 0.387. The highest BCUT2D eigenvalue weighted by Gasteiger charge is 1.93. The molecule has 0 atom stereocenters. The van der Waals surface area contributed by atoms with Gasteiger partial charge in [-0.15, -0.1) is 0 Å². The van der Waals surface area contributed by atoms with Crippen molar-refractivity contribution in [3.63, 3.8) is 0 Å². The first-order valence-electron chi connectivity index (χ1n) is 1.75. The Kier molecular flexibility index (Phi) is 3.26. The Morgan fingerprint density at radius 2 is 2.29 bits per heavy atom. The van der Waals surface area contributed by atoms with Crippen molar-refractivity contribution >= 4 is 5.97 Å². The van der Waals surface area contributed by atoms with Gasteiger partial charge < -0.3 is 10.5 Å². The number of hydrogen-bond donors (Lipinski definition) is 1. The first kappa shape index (κ1) is 6.39. The molecule has 0 aromatic rings. The van der Waals surface area contributed by atoms with Gasteiger partial charge in [0.15, 0.2) is 0 Å². The second-order valence-corrected chi connectivity index (χ2v) is 0.838. The third-order valence-corrected chi connectivity index (χ3v) is 0.387. The van der Waals surface area contributed by atoms with E-state index in [0.29, 0.717) is 0 Å². The fraction of sp³-hybridized carbons (Fsp3) is 0.667. The Hall–Kier alpha value is -0.610. The molecule has 0 unspecified atom stereocenters. The number of ether oxygens (including phenoxy) is 1. The van der Waals surface area contributed by atoms with E-state index in [9.17, 15) is 9.90 Å². The van der Waals surface area contributed by atoms with Crippen LogP contribution in [0.5, 0.6) is 0 Å². The van der Waals surface area contributed by atoms with Crippen molar-refractivity contribution in [1.29, 1.82) is 0 Å². The predicted molar refractivity (Wildman–Crippen MR) is 20.7 cm³/mol. The SMILES string of the molecule is NCC(=O)OC[O]. The molecule has 4 heteroatoms. The topological polar surface area (TPSA) is 72.2 Å². The van der Waals surface area contributed by atoms with Crippen molar-refractivity contribution in [3.8, 4) is 0 Å². The Balaban J connectivity index is 3.00. The van der Waals surface area contributed by atoms with Crippen LogP contribution in [0.1, 0.15) is 0 Å². The van der Waals surface area contributed by atoms with Crippen molar-refractivity contribution < 1.29 is 14.6 Å². The maximum atomic E-state index is 9.86. The second-order valence-electron chi connectivity index (χ2n) is 0.838.